The van der Waals surface area contributed by atoms with Crippen LogP contribution in [0.3, 0.4) is 0 Å². The monoisotopic (exact) mass is 296 g/mol. The van der Waals surface area contributed by atoms with Gasteiger partial charge in [-0.05, 0) is 18.2 Å². The maximum Gasteiger partial charge on any atom is 0.352 e. The SMILES string of the molecule is COc1ccc(Cl)cc1CN1N=C(C(=O)O)CCC1=O. The minimum atomic E-state index is -1.11. The molecule has 106 valence electrons. The minimum Gasteiger partial charge on any atom is -0.496 e. The summed E-state index contributed by atoms with van der Waals surface area (Å²) in [4.78, 5) is 22.7. The Morgan fingerprint density at radius 1 is 1.50 bits per heavy atom. The van der Waals surface area contributed by atoms with Gasteiger partial charge in [0.15, 0.2) is 0 Å². The van der Waals surface area contributed by atoms with Crippen LogP contribution in [-0.4, -0.2) is 34.8 Å². The maximum absolute atomic E-state index is 11.8. The van der Waals surface area contributed by atoms with E-state index in [1.807, 2.05) is 0 Å². The Morgan fingerprint density at radius 3 is 2.90 bits per heavy atom. The molecule has 0 spiro atoms. The molecule has 0 aliphatic carbocycles. The topological polar surface area (TPSA) is 79.2 Å². The first kappa shape index (κ1) is 14.3. The summed E-state index contributed by atoms with van der Waals surface area (Å²) in [6, 6.07) is 5.03. The highest BCUT2D eigenvalue weighted by Gasteiger charge is 2.24. The van der Waals surface area contributed by atoms with E-state index < -0.39 is 5.97 Å². The van der Waals surface area contributed by atoms with E-state index in [2.05, 4.69) is 5.10 Å². The number of ether oxygens (including phenoxy) is 1. The number of methoxy groups -OCH3 is 1. The Kier molecular flexibility index (Phi) is 4.24. The van der Waals surface area contributed by atoms with Crippen molar-refractivity contribution in [1.82, 2.24) is 5.01 Å². The summed E-state index contributed by atoms with van der Waals surface area (Å²) in [5, 5.41) is 14.5. The van der Waals surface area contributed by atoms with Gasteiger partial charge >= 0.3 is 5.97 Å². The number of halogens is 1. The molecule has 1 aromatic rings. The molecule has 1 aliphatic rings. The fraction of sp³-hybridized carbons (Fsp3) is 0.308. The molecule has 2 rings (SSSR count). The fourth-order valence-electron chi connectivity index (χ4n) is 1.91. The number of carboxylic acids is 1. The summed E-state index contributed by atoms with van der Waals surface area (Å²) >= 11 is 5.92. The second-order valence-corrected chi connectivity index (χ2v) is 4.70. The van der Waals surface area contributed by atoms with E-state index in [0.29, 0.717) is 16.3 Å². The van der Waals surface area contributed by atoms with Gasteiger partial charge in [0.25, 0.3) is 0 Å². The fourth-order valence-corrected chi connectivity index (χ4v) is 2.11. The van der Waals surface area contributed by atoms with Gasteiger partial charge in [0.05, 0.1) is 13.7 Å². The van der Waals surface area contributed by atoms with Gasteiger partial charge in [0, 0.05) is 23.4 Å². The van der Waals surface area contributed by atoms with Crippen LogP contribution in [0.4, 0.5) is 0 Å². The Bertz CT molecular complexity index is 586. The molecule has 0 unspecified atom stereocenters. The molecule has 1 N–H and O–H groups in total. The molecule has 0 aromatic heterocycles. The second kappa shape index (κ2) is 5.92. The Hall–Kier alpha value is -2.08. The van der Waals surface area contributed by atoms with Crippen molar-refractivity contribution in [2.45, 2.75) is 19.4 Å². The summed E-state index contributed by atoms with van der Waals surface area (Å²) in [5.74, 6) is -0.766. The second-order valence-electron chi connectivity index (χ2n) is 4.26. The van der Waals surface area contributed by atoms with Crippen LogP contribution in [0.2, 0.25) is 5.02 Å². The number of carbonyl (C=O) groups is 2. The quantitative estimate of drug-likeness (QED) is 0.920. The number of hydrogen-bond acceptors (Lipinski definition) is 4. The average molecular weight is 297 g/mol. The zero-order valence-corrected chi connectivity index (χ0v) is 11.6. The highest BCUT2D eigenvalue weighted by atomic mass is 35.5. The van der Waals surface area contributed by atoms with E-state index in [-0.39, 0.29) is 31.0 Å². The molecule has 0 fully saturated rings. The van der Waals surface area contributed by atoms with Crippen molar-refractivity contribution in [1.29, 1.82) is 0 Å². The van der Waals surface area contributed by atoms with Gasteiger partial charge in [-0.25, -0.2) is 9.80 Å². The molecule has 1 amide bonds. The summed E-state index contributed by atoms with van der Waals surface area (Å²) < 4.78 is 5.19. The summed E-state index contributed by atoms with van der Waals surface area (Å²) in [6.07, 6.45) is 0.283. The lowest BCUT2D eigenvalue weighted by molar-refractivity contribution is -0.133. The van der Waals surface area contributed by atoms with Gasteiger partial charge in [-0.3, -0.25) is 4.79 Å². The zero-order chi connectivity index (χ0) is 14.7. The predicted molar refractivity (Wildman–Crippen MR) is 72.9 cm³/mol. The van der Waals surface area contributed by atoms with Gasteiger partial charge in [0.1, 0.15) is 11.5 Å². The Morgan fingerprint density at radius 2 is 2.25 bits per heavy atom. The van der Waals surface area contributed by atoms with E-state index in [4.69, 9.17) is 21.4 Å². The van der Waals surface area contributed by atoms with Gasteiger partial charge in [-0.2, -0.15) is 5.10 Å². The zero-order valence-electron chi connectivity index (χ0n) is 10.8. The molecule has 0 saturated heterocycles. The van der Waals surface area contributed by atoms with Crippen LogP contribution in [0, 0.1) is 0 Å². The number of nitrogens with zero attached hydrogens (tertiary/aromatic N) is 2. The molecule has 0 saturated carbocycles. The number of hydrazone groups is 1. The molecule has 7 heteroatoms. The van der Waals surface area contributed by atoms with Crippen LogP contribution in [0.5, 0.6) is 5.75 Å². The highest BCUT2D eigenvalue weighted by molar-refractivity contribution is 6.36. The van der Waals surface area contributed by atoms with Gasteiger partial charge < -0.3 is 9.84 Å². The van der Waals surface area contributed by atoms with E-state index in [9.17, 15) is 9.59 Å². The third kappa shape index (κ3) is 3.08. The lowest BCUT2D eigenvalue weighted by atomic mass is 10.1. The third-order valence-corrected chi connectivity index (χ3v) is 3.15. The Balaban J connectivity index is 2.28. The normalized spacial score (nSPS) is 15.0. The predicted octanol–water partition coefficient (Wildman–Crippen LogP) is 1.91. The first-order valence-electron chi connectivity index (χ1n) is 5.95. The standard InChI is InChI=1S/C13H13ClN2O4/c1-20-11-4-2-9(14)6-8(11)7-16-12(17)5-3-10(15-16)13(18)19/h2,4,6H,3,5,7H2,1H3,(H,18,19). The number of carbonyl (C=O) groups excluding carboxylic acids is 1. The van der Waals surface area contributed by atoms with Gasteiger partial charge in [-0.15, -0.1) is 0 Å². The van der Waals surface area contributed by atoms with Crippen LogP contribution in [-0.2, 0) is 16.1 Å². The first-order chi connectivity index (χ1) is 9.51. The van der Waals surface area contributed by atoms with E-state index in [1.165, 1.54) is 7.11 Å². The summed E-state index contributed by atoms with van der Waals surface area (Å²) in [7, 11) is 1.51. The molecule has 0 atom stereocenters. The van der Waals surface area contributed by atoms with Crippen molar-refractivity contribution < 1.29 is 19.4 Å². The van der Waals surface area contributed by atoms with E-state index in [0.717, 1.165) is 5.01 Å². The van der Waals surface area contributed by atoms with Crippen molar-refractivity contribution in [2.75, 3.05) is 7.11 Å². The number of amides is 1. The van der Waals surface area contributed by atoms with Crippen molar-refractivity contribution in [2.24, 2.45) is 5.10 Å². The number of hydrogen-bond donors (Lipinski definition) is 1. The molecule has 1 aromatic carbocycles. The molecule has 20 heavy (non-hydrogen) atoms. The third-order valence-electron chi connectivity index (χ3n) is 2.91. The molecular weight excluding hydrogens is 284 g/mol. The molecule has 1 heterocycles. The maximum atomic E-state index is 11.8. The molecule has 1 aliphatic heterocycles. The van der Waals surface area contributed by atoms with Crippen LogP contribution in [0.15, 0.2) is 23.3 Å². The van der Waals surface area contributed by atoms with Crippen LogP contribution in [0.25, 0.3) is 0 Å². The van der Waals surface area contributed by atoms with Crippen molar-refractivity contribution in [3.8, 4) is 5.75 Å². The van der Waals surface area contributed by atoms with Crippen molar-refractivity contribution in [3.05, 3.63) is 28.8 Å². The number of carboxylic acid groups (broad SMARTS) is 1. The number of aliphatic carboxylic acids is 1. The highest BCUT2D eigenvalue weighted by Crippen LogP contribution is 2.25. The van der Waals surface area contributed by atoms with E-state index >= 15 is 0 Å². The number of rotatable bonds is 4. The smallest absolute Gasteiger partial charge is 0.352 e. The van der Waals surface area contributed by atoms with E-state index in [1.54, 1.807) is 18.2 Å². The lowest BCUT2D eigenvalue weighted by Crippen LogP contribution is -2.33. The van der Waals surface area contributed by atoms with Gasteiger partial charge in [-0.1, -0.05) is 11.6 Å². The molecule has 0 radical (unpaired) electrons. The van der Waals surface area contributed by atoms with Gasteiger partial charge in [0.2, 0.25) is 5.91 Å². The molecule has 0 bridgehead atoms. The first-order valence-corrected chi connectivity index (χ1v) is 6.32. The van der Waals surface area contributed by atoms with Crippen LogP contribution >= 0.6 is 11.6 Å². The Labute approximate surface area is 120 Å². The summed E-state index contributed by atoms with van der Waals surface area (Å²) in [6.45, 7) is 0.124. The van der Waals surface area contributed by atoms with Crippen molar-refractivity contribution >= 4 is 29.2 Å². The van der Waals surface area contributed by atoms with Crippen LogP contribution in [0.1, 0.15) is 18.4 Å². The van der Waals surface area contributed by atoms with Crippen LogP contribution < -0.4 is 4.74 Å². The average Bonchev–Trinajstić information content (AvgIpc) is 2.41. The lowest BCUT2D eigenvalue weighted by Gasteiger charge is -2.23. The van der Waals surface area contributed by atoms with Crippen molar-refractivity contribution in [3.63, 3.8) is 0 Å². The minimum absolute atomic E-state index is 0.0226. The molecular formula is C13H13ClN2O4. The largest absolute Gasteiger partial charge is 0.496 e. The molecule has 6 nitrogen and oxygen atoms in total. The summed E-state index contributed by atoms with van der Waals surface area (Å²) in [5.41, 5.74) is 0.648. The number of benzene rings is 1.